The predicted molar refractivity (Wildman–Crippen MR) is 60.1 cm³/mol. The third-order valence-electron chi connectivity index (χ3n) is 4.21. The van der Waals surface area contributed by atoms with Crippen molar-refractivity contribution in [2.45, 2.75) is 44.8 Å². The number of fused-ring (bicyclic) bond motifs is 1. The molecule has 0 aliphatic carbocycles. The van der Waals surface area contributed by atoms with Crippen LogP contribution in [0.3, 0.4) is 0 Å². The summed E-state index contributed by atoms with van der Waals surface area (Å²) in [5.41, 5.74) is -1.02. The van der Waals surface area contributed by atoms with Gasteiger partial charge in [0.2, 0.25) is 0 Å². The molecule has 3 unspecified atom stereocenters. The molecule has 2 aliphatic rings. The molecule has 0 aromatic rings. The minimum Gasteiger partial charge on any atom is -0.481 e. The van der Waals surface area contributed by atoms with Crippen molar-refractivity contribution in [3.8, 4) is 0 Å². The molecule has 4 heteroatoms. The smallest absolute Gasteiger partial charge is 0.309 e. The van der Waals surface area contributed by atoms with Crippen LogP contribution in [0.1, 0.15) is 33.1 Å². The van der Waals surface area contributed by atoms with Crippen molar-refractivity contribution in [3.63, 3.8) is 0 Å². The predicted octanol–water partition coefficient (Wildman–Crippen LogP) is 0.942. The molecule has 0 bridgehead atoms. The van der Waals surface area contributed by atoms with Crippen molar-refractivity contribution in [3.05, 3.63) is 0 Å². The van der Waals surface area contributed by atoms with Crippen LogP contribution in [0.5, 0.6) is 0 Å². The van der Waals surface area contributed by atoms with Crippen LogP contribution in [0.4, 0.5) is 0 Å². The van der Waals surface area contributed by atoms with Crippen molar-refractivity contribution in [1.29, 1.82) is 0 Å². The van der Waals surface area contributed by atoms with Gasteiger partial charge in [0, 0.05) is 12.6 Å². The zero-order valence-corrected chi connectivity index (χ0v) is 10.0. The SMILES string of the molecule is CC(C)C(C(=O)O)C1(O)CCN2CCCC21. The molecule has 2 N–H and O–H groups in total. The Balaban J connectivity index is 2.26. The Kier molecular flexibility index (Phi) is 2.97. The fraction of sp³-hybridized carbons (Fsp3) is 0.917. The van der Waals surface area contributed by atoms with E-state index >= 15 is 0 Å². The van der Waals surface area contributed by atoms with Gasteiger partial charge in [0.05, 0.1) is 11.5 Å². The van der Waals surface area contributed by atoms with Gasteiger partial charge in [-0.15, -0.1) is 0 Å². The van der Waals surface area contributed by atoms with Gasteiger partial charge in [-0.25, -0.2) is 0 Å². The molecular formula is C12H21NO3. The van der Waals surface area contributed by atoms with Gasteiger partial charge in [0.25, 0.3) is 0 Å². The summed E-state index contributed by atoms with van der Waals surface area (Å²) in [4.78, 5) is 13.6. The average molecular weight is 227 g/mol. The Bertz CT molecular complexity index is 292. The molecule has 92 valence electrons. The molecule has 4 nitrogen and oxygen atoms in total. The number of carboxylic acids is 1. The molecule has 2 aliphatic heterocycles. The first-order valence-electron chi connectivity index (χ1n) is 6.16. The Hall–Kier alpha value is -0.610. The van der Waals surface area contributed by atoms with E-state index in [-0.39, 0.29) is 12.0 Å². The highest BCUT2D eigenvalue weighted by atomic mass is 16.4. The van der Waals surface area contributed by atoms with Crippen LogP contribution in [0.2, 0.25) is 0 Å². The van der Waals surface area contributed by atoms with Crippen LogP contribution >= 0.6 is 0 Å². The summed E-state index contributed by atoms with van der Waals surface area (Å²) in [5.74, 6) is -1.52. The summed E-state index contributed by atoms with van der Waals surface area (Å²) < 4.78 is 0. The molecule has 2 fully saturated rings. The summed E-state index contributed by atoms with van der Waals surface area (Å²) in [6.45, 7) is 5.62. The topological polar surface area (TPSA) is 60.8 Å². The number of carbonyl (C=O) groups is 1. The van der Waals surface area contributed by atoms with Crippen LogP contribution in [0.15, 0.2) is 0 Å². The average Bonchev–Trinajstić information content (AvgIpc) is 2.69. The molecule has 16 heavy (non-hydrogen) atoms. The summed E-state index contributed by atoms with van der Waals surface area (Å²) in [5, 5.41) is 20.1. The molecule has 3 atom stereocenters. The second-order valence-electron chi connectivity index (χ2n) is 5.50. The Morgan fingerprint density at radius 1 is 1.44 bits per heavy atom. The number of aliphatic hydroxyl groups is 1. The number of rotatable bonds is 3. The Morgan fingerprint density at radius 3 is 2.69 bits per heavy atom. The quantitative estimate of drug-likeness (QED) is 0.753. The lowest BCUT2D eigenvalue weighted by Crippen LogP contribution is -2.52. The monoisotopic (exact) mass is 227 g/mol. The third-order valence-corrected chi connectivity index (χ3v) is 4.21. The molecule has 0 aromatic heterocycles. The lowest BCUT2D eigenvalue weighted by Gasteiger charge is -2.37. The van der Waals surface area contributed by atoms with Crippen LogP contribution in [0, 0.1) is 11.8 Å². The highest BCUT2D eigenvalue weighted by molar-refractivity contribution is 5.72. The molecule has 0 amide bonds. The van der Waals surface area contributed by atoms with Gasteiger partial charge in [0.1, 0.15) is 0 Å². The number of nitrogens with zero attached hydrogens (tertiary/aromatic N) is 1. The van der Waals surface area contributed by atoms with E-state index in [2.05, 4.69) is 4.90 Å². The maximum atomic E-state index is 11.3. The van der Waals surface area contributed by atoms with Crippen LogP contribution in [-0.4, -0.2) is 45.8 Å². The molecule has 0 saturated carbocycles. The van der Waals surface area contributed by atoms with E-state index in [0.717, 1.165) is 25.9 Å². The number of aliphatic carboxylic acids is 1. The van der Waals surface area contributed by atoms with E-state index < -0.39 is 17.5 Å². The first kappa shape index (κ1) is 11.9. The normalized spacial score (nSPS) is 36.6. The maximum absolute atomic E-state index is 11.3. The summed E-state index contributed by atoms with van der Waals surface area (Å²) >= 11 is 0. The van der Waals surface area contributed by atoms with Crippen molar-refractivity contribution in [2.75, 3.05) is 13.1 Å². The Labute approximate surface area is 96.3 Å². The molecule has 2 saturated heterocycles. The van der Waals surface area contributed by atoms with E-state index in [9.17, 15) is 15.0 Å². The van der Waals surface area contributed by atoms with Crippen molar-refractivity contribution >= 4 is 5.97 Å². The van der Waals surface area contributed by atoms with Crippen LogP contribution in [-0.2, 0) is 4.79 Å². The van der Waals surface area contributed by atoms with E-state index in [1.807, 2.05) is 13.8 Å². The van der Waals surface area contributed by atoms with E-state index in [0.29, 0.717) is 6.42 Å². The summed E-state index contributed by atoms with van der Waals surface area (Å²) in [7, 11) is 0. The molecule has 0 radical (unpaired) electrons. The highest BCUT2D eigenvalue weighted by Crippen LogP contribution is 2.43. The zero-order valence-electron chi connectivity index (χ0n) is 10.0. The fourth-order valence-corrected chi connectivity index (χ4v) is 3.59. The Morgan fingerprint density at radius 2 is 2.12 bits per heavy atom. The molecule has 2 rings (SSSR count). The minimum atomic E-state index is -1.02. The largest absolute Gasteiger partial charge is 0.481 e. The summed E-state index contributed by atoms with van der Waals surface area (Å²) in [6, 6.07) is 0.0657. The number of hydrogen-bond donors (Lipinski definition) is 2. The lowest BCUT2D eigenvalue weighted by atomic mass is 9.74. The molecular weight excluding hydrogens is 206 g/mol. The van der Waals surface area contributed by atoms with Gasteiger partial charge in [0.15, 0.2) is 0 Å². The summed E-state index contributed by atoms with van der Waals surface area (Å²) in [6.07, 6.45) is 2.62. The number of hydrogen-bond acceptors (Lipinski definition) is 3. The highest BCUT2D eigenvalue weighted by Gasteiger charge is 2.55. The first-order valence-corrected chi connectivity index (χ1v) is 6.16. The second kappa shape index (κ2) is 4.00. The second-order valence-corrected chi connectivity index (χ2v) is 5.50. The van der Waals surface area contributed by atoms with Gasteiger partial charge in [-0.1, -0.05) is 13.8 Å². The molecule has 2 heterocycles. The van der Waals surface area contributed by atoms with Gasteiger partial charge >= 0.3 is 5.97 Å². The van der Waals surface area contributed by atoms with Gasteiger partial charge in [-0.05, 0) is 31.7 Å². The standard InChI is InChI=1S/C12H21NO3/c1-8(2)10(11(14)15)12(16)5-7-13-6-3-4-9(12)13/h8-10,16H,3-7H2,1-2H3,(H,14,15). The lowest BCUT2D eigenvalue weighted by molar-refractivity contribution is -0.157. The van der Waals surface area contributed by atoms with Gasteiger partial charge in [-0.3, -0.25) is 9.69 Å². The van der Waals surface area contributed by atoms with Crippen molar-refractivity contribution < 1.29 is 15.0 Å². The third kappa shape index (κ3) is 1.64. The molecule has 0 spiro atoms. The fourth-order valence-electron chi connectivity index (χ4n) is 3.59. The van der Waals surface area contributed by atoms with E-state index in [1.165, 1.54) is 0 Å². The van der Waals surface area contributed by atoms with Crippen molar-refractivity contribution in [2.24, 2.45) is 11.8 Å². The molecule has 0 aromatic carbocycles. The number of carboxylic acid groups (broad SMARTS) is 1. The zero-order chi connectivity index (χ0) is 11.9. The van der Waals surface area contributed by atoms with Gasteiger partial charge < -0.3 is 10.2 Å². The van der Waals surface area contributed by atoms with E-state index in [4.69, 9.17) is 0 Å². The first-order chi connectivity index (χ1) is 7.47. The van der Waals surface area contributed by atoms with E-state index in [1.54, 1.807) is 0 Å². The van der Waals surface area contributed by atoms with Gasteiger partial charge in [-0.2, -0.15) is 0 Å². The maximum Gasteiger partial charge on any atom is 0.309 e. The van der Waals surface area contributed by atoms with Crippen molar-refractivity contribution in [1.82, 2.24) is 4.90 Å². The van der Waals surface area contributed by atoms with Crippen LogP contribution < -0.4 is 0 Å². The van der Waals surface area contributed by atoms with Crippen LogP contribution in [0.25, 0.3) is 0 Å². The minimum absolute atomic E-state index is 0.0250.